The van der Waals surface area contributed by atoms with Crippen molar-refractivity contribution in [1.82, 2.24) is 10.2 Å². The number of likely N-dealkylation sites (tertiary alicyclic amines) is 1. The Bertz CT molecular complexity index is 198. The van der Waals surface area contributed by atoms with Crippen molar-refractivity contribution in [3.8, 4) is 0 Å². The minimum Gasteiger partial charge on any atom is -0.384 e. The van der Waals surface area contributed by atoms with E-state index in [2.05, 4.69) is 17.3 Å². The standard InChI is InChI=1S/C12H24N2O/c1-13-11-4-3-5-12(11)14-7-6-10(8-14)9-15-2/h10-13H,3-9H2,1-2H3. The summed E-state index contributed by atoms with van der Waals surface area (Å²) in [6, 6.07) is 1.52. The van der Waals surface area contributed by atoms with Gasteiger partial charge in [-0.25, -0.2) is 0 Å². The van der Waals surface area contributed by atoms with Crippen LogP contribution < -0.4 is 5.32 Å². The van der Waals surface area contributed by atoms with Crippen LogP contribution in [-0.4, -0.2) is 50.8 Å². The van der Waals surface area contributed by atoms with Crippen LogP contribution in [0.25, 0.3) is 0 Å². The molecule has 15 heavy (non-hydrogen) atoms. The molecule has 0 aromatic carbocycles. The summed E-state index contributed by atoms with van der Waals surface area (Å²) < 4.78 is 5.25. The second-order valence-corrected chi connectivity index (χ2v) is 5.00. The van der Waals surface area contributed by atoms with E-state index in [0.29, 0.717) is 0 Å². The first-order valence-corrected chi connectivity index (χ1v) is 6.25. The molecule has 1 aliphatic heterocycles. The largest absolute Gasteiger partial charge is 0.384 e. The first-order chi connectivity index (χ1) is 7.35. The number of nitrogens with zero attached hydrogens (tertiary/aromatic N) is 1. The minimum absolute atomic E-state index is 0.728. The van der Waals surface area contributed by atoms with Gasteiger partial charge in [0, 0.05) is 25.7 Å². The molecule has 3 heteroatoms. The van der Waals surface area contributed by atoms with Gasteiger partial charge in [-0.1, -0.05) is 6.42 Å². The highest BCUT2D eigenvalue weighted by atomic mass is 16.5. The Kier molecular flexibility index (Phi) is 4.00. The number of methoxy groups -OCH3 is 1. The van der Waals surface area contributed by atoms with Gasteiger partial charge in [-0.2, -0.15) is 0 Å². The molecule has 0 amide bonds. The van der Waals surface area contributed by atoms with Gasteiger partial charge in [-0.15, -0.1) is 0 Å². The number of ether oxygens (including phenoxy) is 1. The summed E-state index contributed by atoms with van der Waals surface area (Å²) in [5, 5.41) is 3.46. The van der Waals surface area contributed by atoms with E-state index in [-0.39, 0.29) is 0 Å². The maximum absolute atomic E-state index is 5.25. The van der Waals surface area contributed by atoms with Crippen LogP contribution in [0.15, 0.2) is 0 Å². The Hall–Kier alpha value is -0.120. The molecule has 1 saturated carbocycles. The molecule has 0 bridgehead atoms. The van der Waals surface area contributed by atoms with Crippen molar-refractivity contribution in [3.63, 3.8) is 0 Å². The predicted octanol–water partition coefficient (Wildman–Crippen LogP) is 1.10. The van der Waals surface area contributed by atoms with Gasteiger partial charge in [0.25, 0.3) is 0 Å². The zero-order chi connectivity index (χ0) is 10.7. The molecule has 2 fully saturated rings. The SMILES string of the molecule is CNC1CCCC1N1CCC(COC)C1. The van der Waals surface area contributed by atoms with Crippen LogP contribution >= 0.6 is 0 Å². The van der Waals surface area contributed by atoms with E-state index in [0.717, 1.165) is 24.6 Å². The van der Waals surface area contributed by atoms with Crippen LogP contribution in [0.5, 0.6) is 0 Å². The smallest absolute Gasteiger partial charge is 0.0503 e. The Labute approximate surface area is 93.2 Å². The fourth-order valence-corrected chi connectivity index (χ4v) is 3.25. The summed E-state index contributed by atoms with van der Waals surface area (Å²) in [4.78, 5) is 2.68. The molecular formula is C12H24N2O. The van der Waals surface area contributed by atoms with Crippen molar-refractivity contribution in [2.45, 2.75) is 37.8 Å². The van der Waals surface area contributed by atoms with E-state index in [1.165, 1.54) is 38.8 Å². The third-order valence-electron chi connectivity index (χ3n) is 4.04. The molecule has 0 radical (unpaired) electrons. The van der Waals surface area contributed by atoms with Crippen molar-refractivity contribution >= 4 is 0 Å². The van der Waals surface area contributed by atoms with Crippen LogP contribution in [0.3, 0.4) is 0 Å². The van der Waals surface area contributed by atoms with E-state index >= 15 is 0 Å². The fraction of sp³-hybridized carbons (Fsp3) is 1.00. The van der Waals surface area contributed by atoms with Gasteiger partial charge in [0.05, 0.1) is 6.61 Å². The molecule has 88 valence electrons. The Morgan fingerprint density at radius 3 is 2.93 bits per heavy atom. The lowest BCUT2D eigenvalue weighted by atomic mass is 10.1. The zero-order valence-corrected chi connectivity index (χ0v) is 10.0. The first kappa shape index (κ1) is 11.4. The van der Waals surface area contributed by atoms with Gasteiger partial charge in [0.1, 0.15) is 0 Å². The Balaban J connectivity index is 1.84. The summed E-state index contributed by atoms with van der Waals surface area (Å²) in [6.07, 6.45) is 5.44. The molecule has 0 spiro atoms. The fourth-order valence-electron chi connectivity index (χ4n) is 3.25. The number of likely N-dealkylation sites (N-methyl/N-ethyl adjacent to an activating group) is 1. The summed E-state index contributed by atoms with van der Waals surface area (Å²) in [5.41, 5.74) is 0. The van der Waals surface area contributed by atoms with E-state index in [1.54, 1.807) is 0 Å². The van der Waals surface area contributed by atoms with Crippen LogP contribution in [0.1, 0.15) is 25.7 Å². The van der Waals surface area contributed by atoms with Crippen LogP contribution in [0, 0.1) is 5.92 Å². The van der Waals surface area contributed by atoms with E-state index < -0.39 is 0 Å². The van der Waals surface area contributed by atoms with Crippen molar-refractivity contribution < 1.29 is 4.74 Å². The van der Waals surface area contributed by atoms with Crippen molar-refractivity contribution in [2.24, 2.45) is 5.92 Å². The highest BCUT2D eigenvalue weighted by molar-refractivity contribution is 4.92. The average molecular weight is 212 g/mol. The van der Waals surface area contributed by atoms with Gasteiger partial charge in [0.2, 0.25) is 0 Å². The molecule has 1 aliphatic carbocycles. The van der Waals surface area contributed by atoms with E-state index in [9.17, 15) is 0 Å². The molecule has 1 N–H and O–H groups in total. The van der Waals surface area contributed by atoms with E-state index in [4.69, 9.17) is 4.74 Å². The second-order valence-electron chi connectivity index (χ2n) is 5.00. The highest BCUT2D eigenvalue weighted by Gasteiger charge is 2.35. The van der Waals surface area contributed by atoms with Crippen molar-refractivity contribution in [3.05, 3.63) is 0 Å². The minimum atomic E-state index is 0.728. The predicted molar refractivity (Wildman–Crippen MR) is 62.0 cm³/mol. The van der Waals surface area contributed by atoms with E-state index in [1.807, 2.05) is 7.11 Å². The molecule has 1 saturated heterocycles. The maximum atomic E-state index is 5.25. The molecule has 1 heterocycles. The molecule has 0 aromatic rings. The molecule has 0 aromatic heterocycles. The summed E-state index contributed by atoms with van der Waals surface area (Å²) in [6.45, 7) is 3.46. The normalized spacial score (nSPS) is 37.6. The summed E-state index contributed by atoms with van der Waals surface area (Å²) in [5.74, 6) is 0.771. The number of nitrogens with one attached hydrogen (secondary N) is 1. The first-order valence-electron chi connectivity index (χ1n) is 6.25. The quantitative estimate of drug-likeness (QED) is 0.755. The third-order valence-corrected chi connectivity index (χ3v) is 4.04. The summed E-state index contributed by atoms with van der Waals surface area (Å²) >= 11 is 0. The van der Waals surface area contributed by atoms with Crippen molar-refractivity contribution in [1.29, 1.82) is 0 Å². The van der Waals surface area contributed by atoms with Gasteiger partial charge >= 0.3 is 0 Å². The molecule has 3 unspecified atom stereocenters. The van der Waals surface area contributed by atoms with Crippen LogP contribution in [0.4, 0.5) is 0 Å². The molecular weight excluding hydrogens is 188 g/mol. The lowest BCUT2D eigenvalue weighted by Crippen LogP contribution is -2.44. The van der Waals surface area contributed by atoms with Gasteiger partial charge in [0.15, 0.2) is 0 Å². The number of rotatable bonds is 4. The van der Waals surface area contributed by atoms with Gasteiger partial charge in [-0.05, 0) is 38.8 Å². The highest BCUT2D eigenvalue weighted by Crippen LogP contribution is 2.28. The third kappa shape index (κ3) is 2.52. The Morgan fingerprint density at radius 1 is 1.33 bits per heavy atom. The lowest BCUT2D eigenvalue weighted by molar-refractivity contribution is 0.143. The Morgan fingerprint density at radius 2 is 2.20 bits per heavy atom. The summed E-state index contributed by atoms with van der Waals surface area (Å²) in [7, 11) is 3.92. The molecule has 3 atom stereocenters. The lowest BCUT2D eigenvalue weighted by Gasteiger charge is -2.29. The van der Waals surface area contributed by atoms with Crippen molar-refractivity contribution in [2.75, 3.05) is 33.9 Å². The topological polar surface area (TPSA) is 24.5 Å². The number of hydrogen-bond acceptors (Lipinski definition) is 3. The van der Waals surface area contributed by atoms with Crippen LogP contribution in [-0.2, 0) is 4.74 Å². The van der Waals surface area contributed by atoms with Gasteiger partial charge in [-0.3, -0.25) is 4.90 Å². The zero-order valence-electron chi connectivity index (χ0n) is 10.0. The second kappa shape index (κ2) is 5.28. The molecule has 2 aliphatic rings. The van der Waals surface area contributed by atoms with Crippen LogP contribution in [0.2, 0.25) is 0 Å². The number of hydrogen-bond donors (Lipinski definition) is 1. The average Bonchev–Trinajstić information content (AvgIpc) is 2.84. The van der Waals surface area contributed by atoms with Gasteiger partial charge < -0.3 is 10.1 Å². The maximum Gasteiger partial charge on any atom is 0.0503 e. The molecule has 3 nitrogen and oxygen atoms in total. The molecule has 2 rings (SSSR count). The monoisotopic (exact) mass is 212 g/mol.